The molecular weight excluding hydrogens is 226 g/mol. The van der Waals surface area contributed by atoms with E-state index in [-0.39, 0.29) is 0 Å². The molecule has 2 rings (SSSR count). The Balaban J connectivity index is 2.39. The maximum atomic E-state index is 11.2. The highest BCUT2D eigenvalue weighted by Crippen LogP contribution is 2.25. The monoisotopic (exact) mass is 241 g/mol. The molecule has 18 heavy (non-hydrogen) atoms. The van der Waals surface area contributed by atoms with Gasteiger partial charge in [0, 0.05) is 12.4 Å². The summed E-state index contributed by atoms with van der Waals surface area (Å²) in [5.74, 6) is -1.22. The van der Waals surface area contributed by atoms with E-state index in [0.717, 1.165) is 16.7 Å². The number of carboxylic acids is 1. The Labute approximate surface area is 106 Å². The number of pyridine rings is 1. The third-order valence-electron chi connectivity index (χ3n) is 2.99. The number of aliphatic carboxylic acids is 1. The van der Waals surface area contributed by atoms with Crippen LogP contribution in [0.4, 0.5) is 0 Å². The lowest BCUT2D eigenvalue weighted by Gasteiger charge is -2.11. The zero-order chi connectivity index (χ0) is 13.0. The first-order valence-electron chi connectivity index (χ1n) is 5.95. The average molecular weight is 241 g/mol. The standard InChI is InChI=1S/C15H15NO2/c1-2-14(15(17)18)12-6-3-5-11(9-12)13-7-4-8-16-10-13/h3-10,14H,2H2,1H3,(H,17,18). The summed E-state index contributed by atoms with van der Waals surface area (Å²) in [5, 5.41) is 9.18. The van der Waals surface area contributed by atoms with Gasteiger partial charge in [-0.05, 0) is 29.2 Å². The maximum Gasteiger partial charge on any atom is 0.310 e. The minimum Gasteiger partial charge on any atom is -0.481 e. The van der Waals surface area contributed by atoms with Crippen molar-refractivity contribution in [2.75, 3.05) is 0 Å². The number of aromatic nitrogens is 1. The van der Waals surface area contributed by atoms with Crippen molar-refractivity contribution in [3.8, 4) is 11.1 Å². The number of carbonyl (C=O) groups is 1. The fraction of sp³-hybridized carbons (Fsp3) is 0.200. The van der Waals surface area contributed by atoms with Crippen molar-refractivity contribution < 1.29 is 9.90 Å². The minimum absolute atomic E-state index is 0.443. The molecule has 1 aromatic heterocycles. The molecule has 0 aliphatic carbocycles. The van der Waals surface area contributed by atoms with E-state index in [9.17, 15) is 9.90 Å². The number of nitrogens with zero attached hydrogens (tertiary/aromatic N) is 1. The van der Waals surface area contributed by atoms with E-state index in [0.29, 0.717) is 6.42 Å². The molecule has 0 bridgehead atoms. The molecule has 0 amide bonds. The molecule has 0 aliphatic heterocycles. The van der Waals surface area contributed by atoms with E-state index in [1.807, 2.05) is 43.3 Å². The van der Waals surface area contributed by atoms with Crippen LogP contribution in [0.1, 0.15) is 24.8 Å². The third kappa shape index (κ3) is 2.56. The molecule has 3 nitrogen and oxygen atoms in total. The average Bonchev–Trinajstić information content (AvgIpc) is 2.40. The highest BCUT2D eigenvalue weighted by Gasteiger charge is 2.17. The summed E-state index contributed by atoms with van der Waals surface area (Å²) >= 11 is 0. The molecule has 1 atom stereocenters. The molecule has 2 aromatic rings. The second-order valence-corrected chi connectivity index (χ2v) is 4.17. The largest absolute Gasteiger partial charge is 0.481 e. The molecule has 3 heteroatoms. The molecular formula is C15H15NO2. The van der Waals surface area contributed by atoms with E-state index in [2.05, 4.69) is 4.98 Å². The Hall–Kier alpha value is -2.16. The first-order valence-corrected chi connectivity index (χ1v) is 5.95. The molecule has 0 aliphatic rings. The first-order chi connectivity index (χ1) is 8.72. The molecule has 0 saturated carbocycles. The fourth-order valence-corrected chi connectivity index (χ4v) is 2.02. The Morgan fingerprint density at radius 3 is 2.67 bits per heavy atom. The predicted octanol–water partition coefficient (Wildman–Crippen LogP) is 3.33. The van der Waals surface area contributed by atoms with Gasteiger partial charge < -0.3 is 5.11 Å². The second-order valence-electron chi connectivity index (χ2n) is 4.17. The lowest BCUT2D eigenvalue weighted by atomic mass is 9.94. The number of hydrogen-bond acceptors (Lipinski definition) is 2. The van der Waals surface area contributed by atoms with Crippen LogP contribution in [0.3, 0.4) is 0 Å². The number of benzene rings is 1. The Morgan fingerprint density at radius 1 is 1.28 bits per heavy atom. The maximum absolute atomic E-state index is 11.2. The molecule has 0 fully saturated rings. The van der Waals surface area contributed by atoms with Gasteiger partial charge in [0.15, 0.2) is 0 Å². The predicted molar refractivity (Wildman–Crippen MR) is 70.3 cm³/mol. The number of rotatable bonds is 4. The van der Waals surface area contributed by atoms with E-state index in [1.165, 1.54) is 0 Å². The van der Waals surface area contributed by atoms with Crippen LogP contribution in [-0.2, 0) is 4.79 Å². The van der Waals surface area contributed by atoms with Crippen molar-refractivity contribution in [3.63, 3.8) is 0 Å². The fourth-order valence-electron chi connectivity index (χ4n) is 2.02. The van der Waals surface area contributed by atoms with Crippen LogP contribution in [0.2, 0.25) is 0 Å². The van der Waals surface area contributed by atoms with Gasteiger partial charge in [0.25, 0.3) is 0 Å². The van der Waals surface area contributed by atoms with Gasteiger partial charge in [0.2, 0.25) is 0 Å². The quantitative estimate of drug-likeness (QED) is 0.893. The molecule has 92 valence electrons. The smallest absolute Gasteiger partial charge is 0.310 e. The third-order valence-corrected chi connectivity index (χ3v) is 2.99. The van der Waals surface area contributed by atoms with Crippen molar-refractivity contribution in [2.45, 2.75) is 19.3 Å². The topological polar surface area (TPSA) is 50.2 Å². The Morgan fingerprint density at radius 2 is 2.06 bits per heavy atom. The van der Waals surface area contributed by atoms with E-state index >= 15 is 0 Å². The summed E-state index contributed by atoms with van der Waals surface area (Å²) < 4.78 is 0. The van der Waals surface area contributed by atoms with Gasteiger partial charge in [-0.1, -0.05) is 37.3 Å². The molecule has 1 aromatic carbocycles. The SMILES string of the molecule is CCC(C(=O)O)c1cccc(-c2cccnc2)c1. The lowest BCUT2D eigenvalue weighted by molar-refractivity contribution is -0.138. The lowest BCUT2D eigenvalue weighted by Crippen LogP contribution is -2.10. The second kappa shape index (κ2) is 5.45. The van der Waals surface area contributed by atoms with Crippen LogP contribution in [0.25, 0.3) is 11.1 Å². The summed E-state index contributed by atoms with van der Waals surface area (Å²) in [4.78, 5) is 15.2. The zero-order valence-corrected chi connectivity index (χ0v) is 10.2. The zero-order valence-electron chi connectivity index (χ0n) is 10.2. The van der Waals surface area contributed by atoms with E-state index in [4.69, 9.17) is 0 Å². The van der Waals surface area contributed by atoms with Gasteiger partial charge in [-0.3, -0.25) is 9.78 Å². The van der Waals surface area contributed by atoms with Crippen LogP contribution in [0.15, 0.2) is 48.8 Å². The van der Waals surface area contributed by atoms with Gasteiger partial charge in [0.1, 0.15) is 0 Å². The summed E-state index contributed by atoms with van der Waals surface area (Å²) in [5.41, 5.74) is 2.84. The van der Waals surface area contributed by atoms with Gasteiger partial charge in [-0.25, -0.2) is 0 Å². The normalized spacial score (nSPS) is 12.1. The van der Waals surface area contributed by atoms with Crippen molar-refractivity contribution in [1.29, 1.82) is 0 Å². The highest BCUT2D eigenvalue weighted by molar-refractivity contribution is 5.77. The van der Waals surface area contributed by atoms with Crippen molar-refractivity contribution in [1.82, 2.24) is 4.98 Å². The van der Waals surface area contributed by atoms with Crippen LogP contribution < -0.4 is 0 Å². The van der Waals surface area contributed by atoms with Gasteiger partial charge >= 0.3 is 5.97 Å². The molecule has 0 radical (unpaired) electrons. The highest BCUT2D eigenvalue weighted by atomic mass is 16.4. The summed E-state index contributed by atoms with van der Waals surface area (Å²) in [6.45, 7) is 1.88. The van der Waals surface area contributed by atoms with Crippen LogP contribution in [0.5, 0.6) is 0 Å². The van der Waals surface area contributed by atoms with Crippen molar-refractivity contribution in [2.24, 2.45) is 0 Å². The summed E-state index contributed by atoms with van der Waals surface area (Å²) in [6, 6.07) is 11.5. The Bertz CT molecular complexity index is 537. The molecule has 0 spiro atoms. The van der Waals surface area contributed by atoms with Gasteiger partial charge in [0.05, 0.1) is 5.92 Å². The Kier molecular flexibility index (Phi) is 3.72. The van der Waals surface area contributed by atoms with Crippen LogP contribution in [-0.4, -0.2) is 16.1 Å². The van der Waals surface area contributed by atoms with Crippen LogP contribution >= 0.6 is 0 Å². The van der Waals surface area contributed by atoms with Gasteiger partial charge in [-0.15, -0.1) is 0 Å². The van der Waals surface area contributed by atoms with Crippen LogP contribution in [0, 0.1) is 0 Å². The van der Waals surface area contributed by atoms with Crippen molar-refractivity contribution >= 4 is 5.97 Å². The molecule has 1 unspecified atom stereocenters. The number of hydrogen-bond donors (Lipinski definition) is 1. The molecule has 0 saturated heterocycles. The van der Waals surface area contributed by atoms with Gasteiger partial charge in [-0.2, -0.15) is 0 Å². The van der Waals surface area contributed by atoms with E-state index < -0.39 is 11.9 Å². The molecule has 1 heterocycles. The number of carboxylic acid groups (broad SMARTS) is 1. The van der Waals surface area contributed by atoms with E-state index in [1.54, 1.807) is 12.4 Å². The van der Waals surface area contributed by atoms with Crippen molar-refractivity contribution in [3.05, 3.63) is 54.4 Å². The summed E-state index contributed by atoms with van der Waals surface area (Å²) in [6.07, 6.45) is 4.09. The first kappa shape index (κ1) is 12.3. The minimum atomic E-state index is -0.777. The summed E-state index contributed by atoms with van der Waals surface area (Å²) in [7, 11) is 0. The molecule has 1 N–H and O–H groups in total.